The molecule has 82 valence electrons. The number of aryl methyl sites for hydroxylation is 2. The van der Waals surface area contributed by atoms with Gasteiger partial charge >= 0.3 is 0 Å². The van der Waals surface area contributed by atoms with Crippen molar-refractivity contribution in [1.29, 1.82) is 0 Å². The van der Waals surface area contributed by atoms with Gasteiger partial charge in [-0.2, -0.15) is 0 Å². The van der Waals surface area contributed by atoms with Gasteiger partial charge in [-0.3, -0.25) is 10.1 Å². The zero-order chi connectivity index (χ0) is 11.7. The van der Waals surface area contributed by atoms with Crippen molar-refractivity contribution in [2.45, 2.75) is 13.8 Å². The first-order valence-corrected chi connectivity index (χ1v) is 4.90. The van der Waals surface area contributed by atoms with E-state index in [2.05, 4.69) is 0 Å². The van der Waals surface area contributed by atoms with Gasteiger partial charge in [0.1, 0.15) is 11.5 Å². The first-order chi connectivity index (χ1) is 7.58. The van der Waals surface area contributed by atoms with E-state index in [0.29, 0.717) is 0 Å². The minimum atomic E-state index is -0.414. The van der Waals surface area contributed by atoms with Gasteiger partial charge in [0.15, 0.2) is 0 Å². The predicted octanol–water partition coefficient (Wildman–Crippen LogP) is 3.47. The molecule has 0 amide bonds. The molecule has 4 heteroatoms. The second-order valence-electron chi connectivity index (χ2n) is 3.65. The quantitative estimate of drug-likeness (QED) is 0.571. The van der Waals surface area contributed by atoms with E-state index in [1.807, 2.05) is 19.9 Å². The Bertz CT molecular complexity index is 506. The number of hydrogen-bond acceptors (Lipinski definition) is 3. The summed E-state index contributed by atoms with van der Waals surface area (Å²) in [5.74, 6) is 1.61. The summed E-state index contributed by atoms with van der Waals surface area (Å²) in [7, 11) is 0. The summed E-state index contributed by atoms with van der Waals surface area (Å²) in [6, 6.07) is 8.26. The zero-order valence-corrected chi connectivity index (χ0v) is 9.06. The number of rotatable bonds is 2. The van der Waals surface area contributed by atoms with Crippen LogP contribution in [0.1, 0.15) is 11.3 Å². The van der Waals surface area contributed by atoms with Crippen LogP contribution in [0.5, 0.6) is 0 Å². The Morgan fingerprint density at radius 3 is 2.25 bits per heavy atom. The molecule has 1 aromatic heterocycles. The molecular weight excluding hydrogens is 206 g/mol. The van der Waals surface area contributed by atoms with Crippen molar-refractivity contribution in [3.05, 3.63) is 51.8 Å². The highest BCUT2D eigenvalue weighted by Crippen LogP contribution is 2.26. The molecule has 1 aromatic carbocycles. The molecule has 0 aliphatic rings. The van der Waals surface area contributed by atoms with Crippen LogP contribution >= 0.6 is 0 Å². The first kappa shape index (κ1) is 10.4. The molecule has 0 radical (unpaired) electrons. The molecule has 0 bridgehead atoms. The molecule has 4 nitrogen and oxygen atoms in total. The molecule has 0 atom stereocenters. The lowest BCUT2D eigenvalue weighted by atomic mass is 10.1. The van der Waals surface area contributed by atoms with Gasteiger partial charge in [0.05, 0.1) is 4.92 Å². The largest absolute Gasteiger partial charge is 0.461 e. The number of hydrogen-bond donors (Lipinski definition) is 0. The number of furan rings is 1. The highest BCUT2D eigenvalue weighted by Gasteiger charge is 2.08. The van der Waals surface area contributed by atoms with Crippen LogP contribution < -0.4 is 0 Å². The predicted molar refractivity (Wildman–Crippen MR) is 60.3 cm³/mol. The second-order valence-corrected chi connectivity index (χ2v) is 3.65. The Morgan fingerprint density at radius 1 is 1.19 bits per heavy atom. The van der Waals surface area contributed by atoms with Gasteiger partial charge in [-0.25, -0.2) is 0 Å². The molecule has 0 fully saturated rings. The van der Waals surface area contributed by atoms with Crippen molar-refractivity contribution in [2.24, 2.45) is 0 Å². The molecule has 2 rings (SSSR count). The third-order valence-electron chi connectivity index (χ3n) is 2.53. The Balaban J connectivity index is 2.38. The van der Waals surface area contributed by atoms with Gasteiger partial charge in [0.25, 0.3) is 5.69 Å². The summed E-state index contributed by atoms with van der Waals surface area (Å²) < 4.78 is 5.53. The monoisotopic (exact) mass is 217 g/mol. The number of non-ortho nitro benzene ring substituents is 1. The number of nitro groups is 1. The summed E-state index contributed by atoms with van der Waals surface area (Å²) in [4.78, 5) is 10.1. The van der Waals surface area contributed by atoms with Crippen molar-refractivity contribution in [1.82, 2.24) is 0 Å². The molecular formula is C12H11NO3. The maximum atomic E-state index is 10.5. The number of nitro benzene ring substituents is 1. The molecule has 0 saturated carbocycles. The molecule has 0 spiro atoms. The molecule has 0 aliphatic heterocycles. The van der Waals surface area contributed by atoms with E-state index in [1.54, 1.807) is 12.1 Å². The van der Waals surface area contributed by atoms with Crippen LogP contribution in [0.2, 0.25) is 0 Å². The molecule has 0 aliphatic carbocycles. The van der Waals surface area contributed by atoms with Crippen LogP contribution in [-0.2, 0) is 0 Å². The van der Waals surface area contributed by atoms with Crippen LogP contribution in [0.15, 0.2) is 34.7 Å². The second kappa shape index (κ2) is 3.81. The van der Waals surface area contributed by atoms with E-state index in [1.165, 1.54) is 12.1 Å². The Kier molecular flexibility index (Phi) is 2.48. The fourth-order valence-corrected chi connectivity index (χ4v) is 1.46. The average molecular weight is 217 g/mol. The van der Waals surface area contributed by atoms with Crippen molar-refractivity contribution >= 4 is 5.69 Å². The van der Waals surface area contributed by atoms with Gasteiger partial charge < -0.3 is 4.42 Å². The van der Waals surface area contributed by atoms with Crippen molar-refractivity contribution in [2.75, 3.05) is 0 Å². The lowest BCUT2D eigenvalue weighted by Crippen LogP contribution is -1.86. The van der Waals surface area contributed by atoms with Gasteiger partial charge in [-0.15, -0.1) is 0 Å². The third kappa shape index (κ3) is 1.82. The maximum absolute atomic E-state index is 10.5. The highest BCUT2D eigenvalue weighted by molar-refractivity contribution is 5.60. The minimum absolute atomic E-state index is 0.0868. The lowest BCUT2D eigenvalue weighted by molar-refractivity contribution is -0.384. The number of nitrogens with zero attached hydrogens (tertiary/aromatic N) is 1. The van der Waals surface area contributed by atoms with Crippen molar-refractivity contribution in [3.63, 3.8) is 0 Å². The van der Waals surface area contributed by atoms with E-state index in [4.69, 9.17) is 4.42 Å². The normalized spacial score (nSPS) is 10.4. The SMILES string of the molecule is Cc1cc(-c2ccc([N+](=O)[O-])cc2)oc1C. The molecule has 0 saturated heterocycles. The topological polar surface area (TPSA) is 56.3 Å². The summed E-state index contributed by atoms with van der Waals surface area (Å²) in [6.45, 7) is 3.86. The standard InChI is InChI=1S/C12H11NO3/c1-8-7-12(16-9(8)2)10-3-5-11(6-4-10)13(14)15/h3-7H,1-2H3. The van der Waals surface area contributed by atoms with E-state index < -0.39 is 4.92 Å². The summed E-state index contributed by atoms with van der Waals surface area (Å²) in [6.07, 6.45) is 0. The van der Waals surface area contributed by atoms with E-state index >= 15 is 0 Å². The highest BCUT2D eigenvalue weighted by atomic mass is 16.6. The van der Waals surface area contributed by atoms with Gasteiger partial charge in [-0.05, 0) is 37.6 Å². The molecule has 1 heterocycles. The summed E-state index contributed by atoms with van der Waals surface area (Å²) >= 11 is 0. The number of benzene rings is 1. The lowest BCUT2D eigenvalue weighted by Gasteiger charge is -1.96. The molecule has 2 aromatic rings. The van der Waals surface area contributed by atoms with Crippen molar-refractivity contribution < 1.29 is 9.34 Å². The fraction of sp³-hybridized carbons (Fsp3) is 0.167. The summed E-state index contributed by atoms with van der Waals surface area (Å²) in [5, 5.41) is 10.5. The van der Waals surface area contributed by atoms with E-state index in [0.717, 1.165) is 22.6 Å². The fourth-order valence-electron chi connectivity index (χ4n) is 1.46. The Labute approximate surface area is 92.7 Å². The molecule has 0 unspecified atom stereocenters. The molecule has 16 heavy (non-hydrogen) atoms. The smallest absolute Gasteiger partial charge is 0.269 e. The average Bonchev–Trinajstić information content (AvgIpc) is 2.59. The van der Waals surface area contributed by atoms with Crippen LogP contribution in [0.4, 0.5) is 5.69 Å². The van der Waals surface area contributed by atoms with Gasteiger partial charge in [0, 0.05) is 17.7 Å². The van der Waals surface area contributed by atoms with E-state index in [-0.39, 0.29) is 5.69 Å². The van der Waals surface area contributed by atoms with Crippen LogP contribution in [0.3, 0.4) is 0 Å². The maximum Gasteiger partial charge on any atom is 0.269 e. The van der Waals surface area contributed by atoms with Crippen molar-refractivity contribution in [3.8, 4) is 11.3 Å². The Hall–Kier alpha value is -2.10. The Morgan fingerprint density at radius 2 is 1.81 bits per heavy atom. The van der Waals surface area contributed by atoms with Gasteiger partial charge in [0.2, 0.25) is 0 Å². The van der Waals surface area contributed by atoms with Gasteiger partial charge in [-0.1, -0.05) is 0 Å². The molecule has 0 N–H and O–H groups in total. The third-order valence-corrected chi connectivity index (χ3v) is 2.53. The van der Waals surface area contributed by atoms with E-state index in [9.17, 15) is 10.1 Å². The van der Waals surface area contributed by atoms with Crippen LogP contribution in [0, 0.1) is 24.0 Å². The minimum Gasteiger partial charge on any atom is -0.461 e. The van der Waals surface area contributed by atoms with Crippen LogP contribution in [-0.4, -0.2) is 4.92 Å². The first-order valence-electron chi connectivity index (χ1n) is 4.90. The van der Waals surface area contributed by atoms with Crippen LogP contribution in [0.25, 0.3) is 11.3 Å². The zero-order valence-electron chi connectivity index (χ0n) is 9.06. The summed E-state index contributed by atoms with van der Waals surface area (Å²) in [5.41, 5.74) is 2.01.